The molecule has 0 bridgehead atoms. The second kappa shape index (κ2) is 4.00. The van der Waals surface area contributed by atoms with Gasteiger partial charge in [0.25, 0.3) is 0 Å². The molecule has 78 valence electrons. The van der Waals surface area contributed by atoms with Gasteiger partial charge < -0.3 is 5.73 Å². The van der Waals surface area contributed by atoms with Gasteiger partial charge in [0.05, 0.1) is 0 Å². The molecule has 0 aliphatic heterocycles. The zero-order valence-electron chi connectivity index (χ0n) is 9.53. The van der Waals surface area contributed by atoms with Crippen molar-refractivity contribution in [2.75, 3.05) is 6.54 Å². The van der Waals surface area contributed by atoms with E-state index in [1.54, 1.807) is 0 Å². The average molecular weight is 183 g/mol. The van der Waals surface area contributed by atoms with Gasteiger partial charge in [0.1, 0.15) is 0 Å². The molecule has 0 unspecified atom stereocenters. The maximum absolute atomic E-state index is 5.74. The Labute approximate surface area is 83.1 Å². The first-order valence-corrected chi connectivity index (χ1v) is 5.72. The highest BCUT2D eigenvalue weighted by molar-refractivity contribution is 4.92. The van der Waals surface area contributed by atoms with Crippen molar-refractivity contribution in [3.63, 3.8) is 0 Å². The van der Waals surface area contributed by atoms with Gasteiger partial charge in [0.2, 0.25) is 0 Å². The van der Waals surface area contributed by atoms with Gasteiger partial charge in [-0.2, -0.15) is 0 Å². The normalized spacial score (nSPS) is 23.1. The third kappa shape index (κ3) is 2.25. The van der Waals surface area contributed by atoms with Crippen molar-refractivity contribution in [1.29, 1.82) is 0 Å². The smallest absolute Gasteiger partial charge is 0.00718 e. The Balaban J connectivity index is 2.73. The number of nitrogens with two attached hydrogens (primary N) is 1. The lowest BCUT2D eigenvalue weighted by atomic mass is 9.58. The molecule has 0 radical (unpaired) electrons. The van der Waals surface area contributed by atoms with Crippen LogP contribution in [0.4, 0.5) is 0 Å². The first-order valence-electron chi connectivity index (χ1n) is 5.72. The Hall–Kier alpha value is -0.0400. The van der Waals surface area contributed by atoms with Crippen molar-refractivity contribution in [1.82, 2.24) is 0 Å². The van der Waals surface area contributed by atoms with Crippen LogP contribution >= 0.6 is 0 Å². The first kappa shape index (κ1) is 11.0. The van der Waals surface area contributed by atoms with Crippen LogP contribution in [0.3, 0.4) is 0 Å². The molecule has 13 heavy (non-hydrogen) atoms. The van der Waals surface area contributed by atoms with Crippen molar-refractivity contribution in [3.05, 3.63) is 0 Å². The standard InChI is InChI=1S/C12H25N/c1-11(2,3)12(9-10-13)7-5-4-6-8-12/h4-10,13H2,1-3H3. The average Bonchev–Trinajstić information content (AvgIpc) is 2.04. The van der Waals surface area contributed by atoms with Crippen LogP contribution in [0.2, 0.25) is 0 Å². The summed E-state index contributed by atoms with van der Waals surface area (Å²) >= 11 is 0. The molecule has 1 saturated carbocycles. The minimum atomic E-state index is 0.437. The van der Waals surface area contributed by atoms with Crippen LogP contribution in [-0.2, 0) is 0 Å². The Morgan fingerprint density at radius 3 is 2.00 bits per heavy atom. The molecule has 0 heterocycles. The molecule has 2 N–H and O–H groups in total. The van der Waals surface area contributed by atoms with E-state index in [0.717, 1.165) is 6.54 Å². The number of hydrogen-bond acceptors (Lipinski definition) is 1. The summed E-state index contributed by atoms with van der Waals surface area (Å²) in [5.74, 6) is 0. The van der Waals surface area contributed by atoms with Crippen molar-refractivity contribution < 1.29 is 0 Å². The fourth-order valence-corrected chi connectivity index (χ4v) is 2.88. The Morgan fingerprint density at radius 2 is 1.62 bits per heavy atom. The summed E-state index contributed by atoms with van der Waals surface area (Å²) in [4.78, 5) is 0. The molecule has 1 nitrogen and oxygen atoms in total. The molecular weight excluding hydrogens is 158 g/mol. The summed E-state index contributed by atoms with van der Waals surface area (Å²) in [7, 11) is 0. The van der Waals surface area contributed by atoms with Crippen LogP contribution in [0.15, 0.2) is 0 Å². The lowest BCUT2D eigenvalue weighted by molar-refractivity contribution is 0.0322. The van der Waals surface area contributed by atoms with Crippen molar-refractivity contribution >= 4 is 0 Å². The topological polar surface area (TPSA) is 26.0 Å². The molecule has 0 spiro atoms. The van der Waals surface area contributed by atoms with Crippen molar-refractivity contribution in [3.8, 4) is 0 Å². The largest absolute Gasteiger partial charge is 0.330 e. The van der Waals surface area contributed by atoms with E-state index in [1.807, 2.05) is 0 Å². The van der Waals surface area contributed by atoms with Gasteiger partial charge in [-0.15, -0.1) is 0 Å². The lowest BCUT2D eigenvalue weighted by Gasteiger charge is -2.48. The van der Waals surface area contributed by atoms with E-state index < -0.39 is 0 Å². The Bertz CT molecular complexity index is 143. The van der Waals surface area contributed by atoms with Gasteiger partial charge in [-0.05, 0) is 36.6 Å². The molecule has 0 saturated heterocycles. The van der Waals surface area contributed by atoms with E-state index in [1.165, 1.54) is 38.5 Å². The van der Waals surface area contributed by atoms with Gasteiger partial charge in [-0.25, -0.2) is 0 Å². The fraction of sp³-hybridized carbons (Fsp3) is 1.00. The van der Waals surface area contributed by atoms with Gasteiger partial charge in [-0.3, -0.25) is 0 Å². The van der Waals surface area contributed by atoms with Gasteiger partial charge >= 0.3 is 0 Å². The van der Waals surface area contributed by atoms with E-state index in [2.05, 4.69) is 20.8 Å². The minimum Gasteiger partial charge on any atom is -0.330 e. The van der Waals surface area contributed by atoms with Crippen LogP contribution < -0.4 is 5.73 Å². The second-order valence-corrected chi connectivity index (χ2v) is 5.63. The van der Waals surface area contributed by atoms with E-state index >= 15 is 0 Å². The highest BCUT2D eigenvalue weighted by Gasteiger charge is 2.41. The molecule has 1 rings (SSSR count). The van der Waals surface area contributed by atoms with Crippen LogP contribution in [0.1, 0.15) is 59.3 Å². The monoisotopic (exact) mass is 183 g/mol. The van der Waals surface area contributed by atoms with E-state index in [0.29, 0.717) is 10.8 Å². The molecular formula is C12H25N. The van der Waals surface area contributed by atoms with Crippen molar-refractivity contribution in [2.45, 2.75) is 59.3 Å². The quantitative estimate of drug-likeness (QED) is 0.698. The highest BCUT2D eigenvalue weighted by Crippen LogP contribution is 2.51. The SMILES string of the molecule is CC(C)(C)C1(CCN)CCCCC1. The van der Waals surface area contributed by atoms with Crippen LogP contribution in [-0.4, -0.2) is 6.54 Å². The molecule has 0 atom stereocenters. The zero-order chi connectivity index (χ0) is 9.95. The maximum atomic E-state index is 5.74. The van der Waals surface area contributed by atoms with E-state index in [-0.39, 0.29) is 0 Å². The highest BCUT2D eigenvalue weighted by atomic mass is 14.6. The third-order valence-corrected chi connectivity index (χ3v) is 4.02. The number of rotatable bonds is 2. The Morgan fingerprint density at radius 1 is 1.08 bits per heavy atom. The fourth-order valence-electron chi connectivity index (χ4n) is 2.88. The maximum Gasteiger partial charge on any atom is -0.00718 e. The molecule has 1 fully saturated rings. The lowest BCUT2D eigenvalue weighted by Crippen LogP contribution is -2.39. The molecule has 0 aromatic carbocycles. The van der Waals surface area contributed by atoms with Crippen LogP contribution in [0.5, 0.6) is 0 Å². The van der Waals surface area contributed by atoms with Gasteiger partial charge in [0.15, 0.2) is 0 Å². The van der Waals surface area contributed by atoms with E-state index in [9.17, 15) is 0 Å². The van der Waals surface area contributed by atoms with E-state index in [4.69, 9.17) is 5.73 Å². The Kier molecular flexibility index (Phi) is 3.39. The summed E-state index contributed by atoms with van der Waals surface area (Å²) in [5, 5.41) is 0. The number of hydrogen-bond donors (Lipinski definition) is 1. The summed E-state index contributed by atoms with van der Waals surface area (Å²) in [5.41, 5.74) is 6.72. The third-order valence-electron chi connectivity index (χ3n) is 4.02. The van der Waals surface area contributed by atoms with Crippen LogP contribution in [0.25, 0.3) is 0 Å². The molecule has 0 amide bonds. The molecule has 1 aliphatic rings. The summed E-state index contributed by atoms with van der Waals surface area (Å²) in [6.07, 6.45) is 8.27. The van der Waals surface area contributed by atoms with Gasteiger partial charge in [-0.1, -0.05) is 40.0 Å². The summed E-state index contributed by atoms with van der Waals surface area (Å²) < 4.78 is 0. The first-order chi connectivity index (χ1) is 6.02. The predicted molar refractivity (Wildman–Crippen MR) is 58.6 cm³/mol. The minimum absolute atomic E-state index is 0.437. The predicted octanol–water partition coefficient (Wildman–Crippen LogP) is 3.33. The second-order valence-electron chi connectivity index (χ2n) is 5.63. The van der Waals surface area contributed by atoms with Crippen LogP contribution in [0, 0.1) is 10.8 Å². The molecule has 0 aromatic heterocycles. The molecule has 1 aliphatic carbocycles. The summed E-state index contributed by atoms with van der Waals surface area (Å²) in [6.45, 7) is 8.01. The van der Waals surface area contributed by atoms with Crippen molar-refractivity contribution in [2.24, 2.45) is 16.6 Å². The summed E-state index contributed by atoms with van der Waals surface area (Å²) in [6, 6.07) is 0. The zero-order valence-corrected chi connectivity index (χ0v) is 9.53. The molecule has 0 aromatic rings. The van der Waals surface area contributed by atoms with Gasteiger partial charge in [0, 0.05) is 0 Å². The molecule has 1 heteroatoms.